The molecule has 1 saturated heterocycles. The van der Waals surface area contributed by atoms with Gasteiger partial charge in [0.05, 0.1) is 23.9 Å². The second-order valence-electron chi connectivity index (χ2n) is 7.55. The van der Waals surface area contributed by atoms with Gasteiger partial charge in [-0.25, -0.2) is 12.8 Å². The molecule has 1 heterocycles. The fraction of sp³-hybridized carbons (Fsp3) is 0.318. The molecule has 1 aliphatic heterocycles. The number of amides is 2. The van der Waals surface area contributed by atoms with Crippen molar-refractivity contribution >= 4 is 27.3 Å². The van der Waals surface area contributed by atoms with Crippen LogP contribution >= 0.6 is 0 Å². The quantitative estimate of drug-likeness (QED) is 0.672. The van der Waals surface area contributed by atoms with Crippen LogP contribution in [0.3, 0.4) is 0 Å². The first kappa shape index (κ1) is 23.4. The summed E-state index contributed by atoms with van der Waals surface area (Å²) in [6.07, 6.45) is 0. The first-order chi connectivity index (χ1) is 15.2. The molecular formula is C22H23FN4O4S. The molecule has 2 amide bonds. The first-order valence-corrected chi connectivity index (χ1v) is 11.8. The molecule has 0 aromatic heterocycles. The number of halogens is 1. The zero-order chi connectivity index (χ0) is 23.1. The second-order valence-corrected chi connectivity index (χ2v) is 9.62. The Hall–Kier alpha value is -3.29. The SMILES string of the molecule is N#Cc1ccc(CS(=O)(=O)CC(=O)N2CCN(CC(=O)Nc3ccc(F)cc3)CC2)cc1. The highest BCUT2D eigenvalue weighted by molar-refractivity contribution is 7.91. The van der Waals surface area contributed by atoms with Crippen LogP contribution in [0, 0.1) is 17.1 Å². The minimum Gasteiger partial charge on any atom is -0.339 e. The van der Waals surface area contributed by atoms with Crippen LogP contribution in [0.15, 0.2) is 48.5 Å². The molecular weight excluding hydrogens is 435 g/mol. The van der Waals surface area contributed by atoms with E-state index >= 15 is 0 Å². The molecule has 10 heteroatoms. The number of benzene rings is 2. The molecule has 32 heavy (non-hydrogen) atoms. The van der Waals surface area contributed by atoms with Gasteiger partial charge < -0.3 is 10.2 Å². The molecule has 1 N–H and O–H groups in total. The van der Waals surface area contributed by atoms with Crippen molar-refractivity contribution in [2.24, 2.45) is 0 Å². The number of nitriles is 1. The maximum absolute atomic E-state index is 12.9. The van der Waals surface area contributed by atoms with Crippen LogP contribution in [0.1, 0.15) is 11.1 Å². The van der Waals surface area contributed by atoms with Crippen molar-refractivity contribution in [3.63, 3.8) is 0 Å². The Balaban J connectivity index is 1.44. The number of nitrogens with one attached hydrogen (secondary N) is 1. The van der Waals surface area contributed by atoms with E-state index in [9.17, 15) is 22.4 Å². The van der Waals surface area contributed by atoms with Crippen LogP contribution in [0.25, 0.3) is 0 Å². The summed E-state index contributed by atoms with van der Waals surface area (Å²) in [4.78, 5) is 28.0. The molecule has 2 aromatic rings. The standard InChI is InChI=1S/C22H23FN4O4S/c23-19-5-7-20(8-6-19)25-21(28)14-26-9-11-27(12-10-26)22(29)16-32(30,31)15-18-3-1-17(13-24)2-4-18/h1-8H,9-12,14-16H2,(H,25,28). The van der Waals surface area contributed by atoms with E-state index in [2.05, 4.69) is 5.32 Å². The van der Waals surface area contributed by atoms with Gasteiger partial charge in [-0.05, 0) is 42.0 Å². The highest BCUT2D eigenvalue weighted by atomic mass is 32.2. The van der Waals surface area contributed by atoms with Gasteiger partial charge >= 0.3 is 0 Å². The van der Waals surface area contributed by atoms with E-state index in [4.69, 9.17) is 5.26 Å². The molecule has 3 rings (SSSR count). The molecule has 1 aliphatic rings. The number of carbonyl (C=O) groups excluding carboxylic acids is 2. The highest BCUT2D eigenvalue weighted by Crippen LogP contribution is 2.11. The number of hydrogen-bond acceptors (Lipinski definition) is 6. The Bertz CT molecular complexity index is 1100. The van der Waals surface area contributed by atoms with Gasteiger partial charge in [-0.15, -0.1) is 0 Å². The van der Waals surface area contributed by atoms with Crippen LogP contribution in [-0.2, 0) is 25.2 Å². The highest BCUT2D eigenvalue weighted by Gasteiger charge is 2.26. The van der Waals surface area contributed by atoms with Gasteiger partial charge in [-0.2, -0.15) is 5.26 Å². The molecule has 168 valence electrons. The third-order valence-electron chi connectivity index (χ3n) is 5.03. The summed E-state index contributed by atoms with van der Waals surface area (Å²) in [5.41, 5.74) is 1.46. The van der Waals surface area contributed by atoms with E-state index in [1.165, 1.54) is 41.3 Å². The summed E-state index contributed by atoms with van der Waals surface area (Å²) in [5.74, 6) is -1.95. The molecule has 2 aromatic carbocycles. The van der Waals surface area contributed by atoms with Gasteiger partial charge in [-0.1, -0.05) is 12.1 Å². The molecule has 0 unspecified atom stereocenters. The van der Waals surface area contributed by atoms with Crippen molar-refractivity contribution in [1.82, 2.24) is 9.80 Å². The Kier molecular flexibility index (Phi) is 7.56. The minimum atomic E-state index is -3.65. The Morgan fingerprint density at radius 3 is 2.22 bits per heavy atom. The minimum absolute atomic E-state index is 0.121. The van der Waals surface area contributed by atoms with E-state index in [1.807, 2.05) is 11.0 Å². The second kappa shape index (κ2) is 10.3. The number of rotatable bonds is 7. The molecule has 0 saturated carbocycles. The maximum atomic E-state index is 12.9. The zero-order valence-corrected chi connectivity index (χ0v) is 18.1. The molecule has 1 fully saturated rings. The number of sulfone groups is 1. The summed E-state index contributed by atoms with van der Waals surface area (Å²) in [6, 6.07) is 13.6. The van der Waals surface area contributed by atoms with E-state index in [0.717, 1.165) is 0 Å². The van der Waals surface area contributed by atoms with Crippen molar-refractivity contribution in [2.45, 2.75) is 5.75 Å². The summed E-state index contributed by atoms with van der Waals surface area (Å²) >= 11 is 0. The predicted octanol–water partition coefficient (Wildman–Crippen LogP) is 1.40. The van der Waals surface area contributed by atoms with Crippen LogP contribution in [-0.4, -0.2) is 68.5 Å². The summed E-state index contributed by atoms with van der Waals surface area (Å²) in [5, 5.41) is 11.5. The lowest BCUT2D eigenvalue weighted by Gasteiger charge is -2.34. The van der Waals surface area contributed by atoms with Crippen molar-refractivity contribution in [2.75, 3.05) is 43.8 Å². The molecule has 0 spiro atoms. The zero-order valence-electron chi connectivity index (χ0n) is 17.3. The third kappa shape index (κ3) is 6.87. The van der Waals surface area contributed by atoms with Crippen LogP contribution in [0.5, 0.6) is 0 Å². The number of hydrogen-bond donors (Lipinski definition) is 1. The van der Waals surface area contributed by atoms with E-state index in [0.29, 0.717) is 43.0 Å². The van der Waals surface area contributed by atoms with E-state index in [-0.39, 0.29) is 24.0 Å². The smallest absolute Gasteiger partial charge is 0.238 e. The van der Waals surface area contributed by atoms with Gasteiger partial charge in [0.2, 0.25) is 11.8 Å². The average molecular weight is 459 g/mol. The fourth-order valence-electron chi connectivity index (χ4n) is 3.35. The van der Waals surface area contributed by atoms with Crippen molar-refractivity contribution in [3.05, 3.63) is 65.5 Å². The Morgan fingerprint density at radius 1 is 1.00 bits per heavy atom. The normalized spacial score (nSPS) is 14.6. The monoisotopic (exact) mass is 458 g/mol. The van der Waals surface area contributed by atoms with Crippen LogP contribution in [0.4, 0.5) is 10.1 Å². The average Bonchev–Trinajstić information content (AvgIpc) is 2.75. The largest absolute Gasteiger partial charge is 0.339 e. The van der Waals surface area contributed by atoms with Crippen molar-refractivity contribution < 1.29 is 22.4 Å². The van der Waals surface area contributed by atoms with Crippen molar-refractivity contribution in [3.8, 4) is 6.07 Å². The molecule has 0 atom stereocenters. The van der Waals surface area contributed by atoms with Gasteiger partial charge in [-0.3, -0.25) is 14.5 Å². The van der Waals surface area contributed by atoms with E-state index in [1.54, 1.807) is 12.1 Å². The van der Waals surface area contributed by atoms with Crippen molar-refractivity contribution in [1.29, 1.82) is 5.26 Å². The van der Waals surface area contributed by atoms with Gasteiger partial charge in [0.1, 0.15) is 11.6 Å². The van der Waals surface area contributed by atoms with Gasteiger partial charge in [0, 0.05) is 31.9 Å². The molecule has 0 aliphatic carbocycles. The molecule has 8 nitrogen and oxygen atoms in total. The number of nitrogens with zero attached hydrogens (tertiary/aromatic N) is 3. The van der Waals surface area contributed by atoms with Crippen LogP contribution < -0.4 is 5.32 Å². The Morgan fingerprint density at radius 2 is 1.62 bits per heavy atom. The first-order valence-electron chi connectivity index (χ1n) is 9.99. The molecule has 0 radical (unpaired) electrons. The summed E-state index contributed by atoms with van der Waals surface area (Å²) in [7, 11) is -3.65. The Labute approximate surface area is 186 Å². The van der Waals surface area contributed by atoms with Crippen LogP contribution in [0.2, 0.25) is 0 Å². The lowest BCUT2D eigenvalue weighted by molar-refractivity contribution is -0.130. The molecule has 0 bridgehead atoms. The number of anilines is 1. The number of carbonyl (C=O) groups is 2. The lowest BCUT2D eigenvalue weighted by atomic mass is 10.2. The summed E-state index contributed by atoms with van der Waals surface area (Å²) in [6.45, 7) is 1.66. The fourth-order valence-corrected chi connectivity index (χ4v) is 4.71. The van der Waals surface area contributed by atoms with Gasteiger partial charge in [0.15, 0.2) is 9.84 Å². The van der Waals surface area contributed by atoms with Gasteiger partial charge in [0.25, 0.3) is 0 Å². The maximum Gasteiger partial charge on any atom is 0.238 e. The summed E-state index contributed by atoms with van der Waals surface area (Å²) < 4.78 is 37.8. The lowest BCUT2D eigenvalue weighted by Crippen LogP contribution is -2.51. The number of piperazine rings is 1. The predicted molar refractivity (Wildman–Crippen MR) is 117 cm³/mol. The third-order valence-corrected chi connectivity index (χ3v) is 6.49. The van der Waals surface area contributed by atoms with E-state index < -0.39 is 21.5 Å². The topological polar surface area (TPSA) is 111 Å².